The van der Waals surface area contributed by atoms with Crippen LogP contribution in [-0.4, -0.2) is 0 Å². The van der Waals surface area contributed by atoms with Gasteiger partial charge in [0.2, 0.25) is 0 Å². The van der Waals surface area contributed by atoms with Gasteiger partial charge in [0.25, 0.3) is 0 Å². The van der Waals surface area contributed by atoms with Gasteiger partial charge in [-0.15, -0.1) is 0 Å². The van der Waals surface area contributed by atoms with Crippen molar-refractivity contribution in [3.63, 3.8) is 0 Å². The zero-order chi connectivity index (χ0) is 42.9. The fourth-order valence-corrected chi connectivity index (χ4v) is 7.08. The second kappa shape index (κ2) is 13.4. The average molecular weight is 803 g/mol. The molecule has 0 spiro atoms. The maximum absolute atomic E-state index is 14.3. The van der Waals surface area contributed by atoms with Crippen molar-refractivity contribution in [2.24, 2.45) is 0 Å². The molecule has 4 aromatic rings. The lowest BCUT2D eigenvalue weighted by Crippen LogP contribution is -2.15. The quantitative estimate of drug-likeness (QED) is 0.146. The third-order valence-electron chi connectivity index (χ3n) is 9.21. The summed E-state index contributed by atoms with van der Waals surface area (Å²) in [6.07, 6.45) is -22.2. The molecule has 2 aliphatic carbocycles. The summed E-state index contributed by atoms with van der Waals surface area (Å²) in [5.74, 6) is 0. The minimum atomic E-state index is -5.55. The second-order valence-corrected chi connectivity index (χ2v) is 12.3. The number of fused-ring (bicyclic) bond motifs is 4. The number of allylic oxidation sites excluding steroid dienone is 6. The standard InChI is InChI=1S/C40H10F12N6/c41-37(42,43)27-7-17(8-28(25(27)15-57)38(44,45)46)21-3-1-5-23-31(19(11-53)12-54)35-34-22(4-2-6-24(34)32(20(13-55)14-56)36(35)33(21)23)18-9-29(39(47,48)49)26(16-58)30(10-18)40(50,51)52/h1-10H. The number of hydrogen-bond acceptors (Lipinski definition) is 6. The van der Waals surface area contributed by atoms with Crippen molar-refractivity contribution in [1.82, 2.24) is 0 Å². The highest BCUT2D eigenvalue weighted by molar-refractivity contribution is 6.39. The van der Waals surface area contributed by atoms with E-state index in [1.165, 1.54) is 0 Å². The van der Waals surface area contributed by atoms with Crippen LogP contribution in [0.2, 0.25) is 0 Å². The first kappa shape index (κ1) is 39.9. The van der Waals surface area contributed by atoms with Gasteiger partial charge in [0.15, 0.2) is 0 Å². The van der Waals surface area contributed by atoms with Crippen LogP contribution < -0.4 is 0 Å². The lowest BCUT2D eigenvalue weighted by Gasteiger charge is -2.20. The molecule has 0 N–H and O–H groups in total. The van der Waals surface area contributed by atoms with Gasteiger partial charge in [-0.25, -0.2) is 0 Å². The van der Waals surface area contributed by atoms with E-state index in [0.29, 0.717) is 0 Å². The SMILES string of the molecule is N#CC(C#N)=C1C2=C(C(=C(C#N)C#N)c3cccc(-c4cc(C(F)(F)F)c(C#N)c(C(F)(F)F)c4)c32)c2c1cccc2-c1cc(C(F)(F)F)c(C#N)c(C(F)(F)F)c1. The topological polar surface area (TPSA) is 143 Å². The van der Waals surface area contributed by atoms with Crippen LogP contribution in [0.3, 0.4) is 0 Å². The Balaban J connectivity index is 1.86. The summed E-state index contributed by atoms with van der Waals surface area (Å²) in [5.41, 5.74) is -18.9. The summed E-state index contributed by atoms with van der Waals surface area (Å²) in [5, 5.41) is 59.2. The second-order valence-electron chi connectivity index (χ2n) is 12.3. The summed E-state index contributed by atoms with van der Waals surface area (Å²) in [4.78, 5) is 0. The molecular weight excluding hydrogens is 792 g/mol. The predicted molar refractivity (Wildman–Crippen MR) is 176 cm³/mol. The zero-order valence-corrected chi connectivity index (χ0v) is 28.0. The molecule has 0 amide bonds. The first-order valence-electron chi connectivity index (χ1n) is 15.7. The van der Waals surface area contributed by atoms with Crippen LogP contribution >= 0.6 is 0 Å². The number of hydrogen-bond donors (Lipinski definition) is 0. The molecule has 2 aliphatic rings. The molecule has 18 heteroatoms. The third kappa shape index (κ3) is 6.14. The van der Waals surface area contributed by atoms with Crippen molar-refractivity contribution in [3.8, 4) is 58.7 Å². The summed E-state index contributed by atoms with van der Waals surface area (Å²) >= 11 is 0. The first-order chi connectivity index (χ1) is 27.1. The largest absolute Gasteiger partial charge is 0.417 e. The van der Waals surface area contributed by atoms with Crippen LogP contribution in [0, 0.1) is 68.0 Å². The minimum Gasteiger partial charge on any atom is -0.192 e. The highest BCUT2D eigenvalue weighted by Gasteiger charge is 2.46. The van der Waals surface area contributed by atoms with Crippen molar-refractivity contribution < 1.29 is 52.7 Å². The molecular formula is C40H10F12N6. The van der Waals surface area contributed by atoms with Crippen LogP contribution in [-0.2, 0) is 24.7 Å². The molecule has 0 unspecified atom stereocenters. The Morgan fingerprint density at radius 3 is 0.879 bits per heavy atom. The molecule has 4 aromatic carbocycles. The Hall–Kier alpha value is -7.80. The Bertz CT molecular complexity index is 2600. The number of nitriles is 6. The van der Waals surface area contributed by atoms with Crippen LogP contribution in [0.5, 0.6) is 0 Å². The third-order valence-corrected chi connectivity index (χ3v) is 9.21. The van der Waals surface area contributed by atoms with Gasteiger partial charge in [-0.3, -0.25) is 0 Å². The maximum atomic E-state index is 14.3. The monoisotopic (exact) mass is 802 g/mol. The van der Waals surface area contributed by atoms with Crippen molar-refractivity contribution in [1.29, 1.82) is 31.6 Å². The number of benzene rings is 4. The Morgan fingerprint density at radius 1 is 0.397 bits per heavy atom. The summed E-state index contributed by atoms with van der Waals surface area (Å²) in [6.45, 7) is 0. The van der Waals surface area contributed by atoms with Crippen molar-refractivity contribution in [2.75, 3.05) is 0 Å². The highest BCUT2D eigenvalue weighted by atomic mass is 19.4. The van der Waals surface area contributed by atoms with Gasteiger partial charge < -0.3 is 0 Å². The molecule has 0 radical (unpaired) electrons. The smallest absolute Gasteiger partial charge is 0.192 e. The number of nitrogens with zero attached hydrogens (tertiary/aromatic N) is 6. The molecule has 0 saturated carbocycles. The fourth-order valence-electron chi connectivity index (χ4n) is 7.08. The van der Waals surface area contributed by atoms with Gasteiger partial charge >= 0.3 is 24.7 Å². The van der Waals surface area contributed by atoms with E-state index in [4.69, 9.17) is 0 Å². The predicted octanol–water partition coefficient (Wildman–Crippen LogP) is 11.4. The van der Waals surface area contributed by atoms with E-state index in [9.17, 15) is 84.3 Å². The van der Waals surface area contributed by atoms with Gasteiger partial charge in [0.1, 0.15) is 47.6 Å². The number of halogens is 12. The van der Waals surface area contributed by atoms with E-state index in [2.05, 4.69) is 0 Å². The lowest BCUT2D eigenvalue weighted by atomic mass is 9.83. The van der Waals surface area contributed by atoms with Crippen LogP contribution in [0.15, 0.2) is 71.8 Å². The summed E-state index contributed by atoms with van der Waals surface area (Å²) in [6, 6.07) is 15.6. The van der Waals surface area contributed by atoms with Gasteiger partial charge in [-0.05, 0) is 68.8 Å². The average Bonchev–Trinajstić information content (AvgIpc) is 3.66. The zero-order valence-electron chi connectivity index (χ0n) is 28.0. The summed E-state index contributed by atoms with van der Waals surface area (Å²) in [7, 11) is 0. The van der Waals surface area contributed by atoms with Crippen molar-refractivity contribution in [3.05, 3.63) is 127 Å². The first-order valence-corrected chi connectivity index (χ1v) is 15.7. The Morgan fingerprint density at radius 2 is 0.655 bits per heavy atom. The molecule has 0 aromatic heterocycles. The molecule has 0 bridgehead atoms. The highest BCUT2D eigenvalue weighted by Crippen LogP contribution is 2.63. The van der Waals surface area contributed by atoms with Crippen molar-refractivity contribution in [2.45, 2.75) is 24.7 Å². The van der Waals surface area contributed by atoms with Crippen LogP contribution in [0.1, 0.15) is 55.6 Å². The molecule has 58 heavy (non-hydrogen) atoms. The Kier molecular flexibility index (Phi) is 9.25. The molecule has 0 heterocycles. The van der Waals surface area contributed by atoms with Gasteiger partial charge in [-0.2, -0.15) is 84.3 Å². The summed E-state index contributed by atoms with van der Waals surface area (Å²) < 4.78 is 172. The van der Waals surface area contributed by atoms with Crippen LogP contribution in [0.25, 0.3) is 44.5 Å². The molecule has 284 valence electrons. The van der Waals surface area contributed by atoms with E-state index in [1.807, 2.05) is 0 Å². The number of rotatable bonds is 2. The number of alkyl halides is 12. The molecule has 0 aliphatic heterocycles. The van der Waals surface area contributed by atoms with Gasteiger partial charge in [-0.1, -0.05) is 36.4 Å². The van der Waals surface area contributed by atoms with Crippen molar-refractivity contribution >= 4 is 22.3 Å². The van der Waals surface area contributed by atoms with Gasteiger partial charge in [0, 0.05) is 22.3 Å². The fraction of sp³-hybridized carbons (Fsp3) is 0.100. The van der Waals surface area contributed by atoms with E-state index in [1.54, 1.807) is 24.3 Å². The normalized spacial score (nSPS) is 13.3. The molecule has 6 rings (SSSR count). The van der Waals surface area contributed by atoms with Gasteiger partial charge in [0.05, 0.1) is 33.4 Å². The van der Waals surface area contributed by atoms with Crippen LogP contribution in [0.4, 0.5) is 52.7 Å². The molecule has 6 nitrogen and oxygen atoms in total. The molecule has 0 atom stereocenters. The van der Waals surface area contributed by atoms with E-state index < -0.39 is 114 Å². The Labute approximate surface area is 317 Å². The van der Waals surface area contributed by atoms with E-state index in [0.717, 1.165) is 48.5 Å². The molecule has 0 fully saturated rings. The minimum absolute atomic E-state index is 0.224. The molecule has 0 saturated heterocycles. The maximum Gasteiger partial charge on any atom is 0.417 e. The lowest BCUT2D eigenvalue weighted by molar-refractivity contribution is -0.145. The van der Waals surface area contributed by atoms with E-state index in [-0.39, 0.29) is 46.5 Å². The van der Waals surface area contributed by atoms with E-state index >= 15 is 0 Å².